The van der Waals surface area contributed by atoms with Crippen LogP contribution >= 0.6 is 24.0 Å². The Morgan fingerprint density at radius 1 is 1.19 bits per heavy atom. The van der Waals surface area contributed by atoms with E-state index in [4.69, 9.17) is 9.47 Å². The van der Waals surface area contributed by atoms with Crippen LogP contribution in [0.5, 0.6) is 0 Å². The summed E-state index contributed by atoms with van der Waals surface area (Å²) in [6.45, 7) is 8.80. The number of halogens is 1. The Morgan fingerprint density at radius 3 is 2.44 bits per heavy atom. The normalized spacial score (nSPS) is 20.7. The van der Waals surface area contributed by atoms with E-state index in [9.17, 15) is 4.79 Å². The monoisotopic (exact) mass is 496 g/mol. The summed E-state index contributed by atoms with van der Waals surface area (Å²) in [5, 5.41) is 6.72. The Bertz CT molecular complexity index is 462. The third-order valence-corrected chi connectivity index (χ3v) is 5.26. The van der Waals surface area contributed by atoms with Crippen LogP contribution < -0.4 is 10.6 Å². The summed E-state index contributed by atoms with van der Waals surface area (Å²) in [4.78, 5) is 18.6. The Kier molecular flexibility index (Phi) is 11.6. The first-order chi connectivity index (χ1) is 12.6. The van der Waals surface area contributed by atoms with Crippen LogP contribution in [-0.2, 0) is 14.3 Å². The number of rotatable bonds is 7. The van der Waals surface area contributed by atoms with Crippen molar-refractivity contribution in [2.45, 2.75) is 64.0 Å². The topological polar surface area (TPSA) is 75.2 Å². The summed E-state index contributed by atoms with van der Waals surface area (Å²) in [7, 11) is 1.77. The van der Waals surface area contributed by atoms with Crippen molar-refractivity contribution >= 4 is 35.9 Å². The number of carbonyl (C=O) groups excluding carboxylic acids is 1. The number of hydrogen-bond donors (Lipinski definition) is 2. The van der Waals surface area contributed by atoms with Crippen LogP contribution in [0.2, 0.25) is 0 Å². The molecule has 0 aromatic carbocycles. The minimum absolute atomic E-state index is 0. The van der Waals surface area contributed by atoms with Crippen molar-refractivity contribution in [2.24, 2.45) is 4.99 Å². The van der Waals surface area contributed by atoms with Gasteiger partial charge in [0.25, 0.3) is 0 Å². The van der Waals surface area contributed by atoms with E-state index < -0.39 is 0 Å². The molecule has 27 heavy (non-hydrogen) atoms. The Labute approximate surface area is 181 Å². The zero-order valence-corrected chi connectivity index (χ0v) is 19.4. The molecule has 0 unspecified atom stereocenters. The molecule has 2 N–H and O–H groups in total. The molecule has 0 bridgehead atoms. The highest BCUT2D eigenvalue weighted by atomic mass is 127. The summed E-state index contributed by atoms with van der Waals surface area (Å²) < 4.78 is 10.7. The van der Waals surface area contributed by atoms with E-state index in [2.05, 4.69) is 20.5 Å². The van der Waals surface area contributed by atoms with Crippen LogP contribution in [0, 0.1) is 0 Å². The second-order valence-corrected chi connectivity index (χ2v) is 7.53. The molecular weight excluding hydrogens is 459 g/mol. The van der Waals surface area contributed by atoms with Gasteiger partial charge in [-0.1, -0.05) is 19.3 Å². The standard InChI is InChI=1S/C19H36N4O3.HI/c1-16(2)26-17(24)7-10-21-18(20-3)22-15-19(8-5-4-6-9-19)23-11-13-25-14-12-23;/h16H,4-15H2,1-3H3,(H2,20,21,22);1H. The fraction of sp³-hybridized carbons (Fsp3) is 0.895. The van der Waals surface area contributed by atoms with Gasteiger partial charge in [-0.25, -0.2) is 0 Å². The minimum Gasteiger partial charge on any atom is -0.463 e. The number of aliphatic imine (C=N–C) groups is 1. The van der Waals surface area contributed by atoms with Crippen molar-refractivity contribution in [2.75, 3.05) is 46.4 Å². The molecule has 0 amide bonds. The Balaban J connectivity index is 0.00000364. The van der Waals surface area contributed by atoms with E-state index in [1.807, 2.05) is 13.8 Å². The minimum atomic E-state index is -0.181. The number of ether oxygens (including phenoxy) is 2. The van der Waals surface area contributed by atoms with Gasteiger partial charge in [0.1, 0.15) is 0 Å². The lowest BCUT2D eigenvalue weighted by Crippen LogP contribution is -2.60. The molecular formula is C19H37IN4O3. The van der Waals surface area contributed by atoms with Gasteiger partial charge in [0.05, 0.1) is 25.7 Å². The van der Waals surface area contributed by atoms with Gasteiger partial charge in [-0.3, -0.25) is 14.7 Å². The predicted octanol–water partition coefficient (Wildman–Crippen LogP) is 2.15. The molecule has 0 radical (unpaired) electrons. The highest BCUT2D eigenvalue weighted by molar-refractivity contribution is 14.0. The lowest BCUT2D eigenvalue weighted by atomic mass is 9.80. The molecule has 1 saturated carbocycles. The van der Waals surface area contributed by atoms with Gasteiger partial charge in [-0.2, -0.15) is 0 Å². The van der Waals surface area contributed by atoms with Crippen LogP contribution in [0.4, 0.5) is 0 Å². The van der Waals surface area contributed by atoms with Crippen molar-refractivity contribution in [3.05, 3.63) is 0 Å². The van der Waals surface area contributed by atoms with Gasteiger partial charge in [0.15, 0.2) is 5.96 Å². The van der Waals surface area contributed by atoms with E-state index in [1.54, 1.807) is 7.05 Å². The third kappa shape index (κ3) is 8.11. The smallest absolute Gasteiger partial charge is 0.307 e. The maximum absolute atomic E-state index is 11.6. The van der Waals surface area contributed by atoms with E-state index in [0.29, 0.717) is 13.0 Å². The van der Waals surface area contributed by atoms with E-state index in [0.717, 1.165) is 38.8 Å². The van der Waals surface area contributed by atoms with Crippen molar-refractivity contribution in [3.63, 3.8) is 0 Å². The fourth-order valence-corrected chi connectivity index (χ4v) is 3.93. The van der Waals surface area contributed by atoms with Crippen LogP contribution in [0.15, 0.2) is 4.99 Å². The van der Waals surface area contributed by atoms with E-state index in [-0.39, 0.29) is 41.6 Å². The molecule has 158 valence electrons. The zero-order chi connectivity index (χ0) is 18.8. The summed E-state index contributed by atoms with van der Waals surface area (Å²) in [6.07, 6.45) is 6.61. The molecule has 8 heteroatoms. The molecule has 0 spiro atoms. The maximum Gasteiger partial charge on any atom is 0.307 e. The van der Waals surface area contributed by atoms with Crippen molar-refractivity contribution in [1.82, 2.24) is 15.5 Å². The van der Waals surface area contributed by atoms with Gasteiger partial charge in [-0.05, 0) is 26.7 Å². The molecule has 1 heterocycles. The largest absolute Gasteiger partial charge is 0.463 e. The first kappa shape index (κ1) is 24.4. The molecule has 0 aromatic rings. The molecule has 2 rings (SSSR count). The van der Waals surface area contributed by atoms with Crippen molar-refractivity contribution < 1.29 is 14.3 Å². The number of hydrogen-bond acceptors (Lipinski definition) is 5. The number of carbonyl (C=O) groups is 1. The highest BCUT2D eigenvalue weighted by Gasteiger charge is 2.38. The molecule has 1 aliphatic heterocycles. The average molecular weight is 496 g/mol. The predicted molar refractivity (Wildman–Crippen MR) is 119 cm³/mol. The van der Waals surface area contributed by atoms with Crippen molar-refractivity contribution in [3.8, 4) is 0 Å². The number of guanidine groups is 1. The van der Waals surface area contributed by atoms with Crippen LogP contribution in [0.25, 0.3) is 0 Å². The summed E-state index contributed by atoms with van der Waals surface area (Å²) in [5.41, 5.74) is 0.191. The second kappa shape index (κ2) is 12.8. The first-order valence-corrected chi connectivity index (χ1v) is 10.0. The maximum atomic E-state index is 11.6. The van der Waals surface area contributed by atoms with E-state index in [1.165, 1.54) is 32.1 Å². The number of morpholine rings is 1. The summed E-state index contributed by atoms with van der Waals surface area (Å²) in [6, 6.07) is 0. The van der Waals surface area contributed by atoms with Crippen LogP contribution in [-0.4, -0.2) is 74.9 Å². The van der Waals surface area contributed by atoms with Gasteiger partial charge in [-0.15, -0.1) is 24.0 Å². The Hall–Kier alpha value is -0.610. The average Bonchev–Trinajstić information content (AvgIpc) is 2.65. The van der Waals surface area contributed by atoms with Gasteiger partial charge in [0, 0.05) is 38.8 Å². The lowest BCUT2D eigenvalue weighted by molar-refractivity contribution is -0.147. The van der Waals surface area contributed by atoms with Crippen LogP contribution in [0.3, 0.4) is 0 Å². The first-order valence-electron chi connectivity index (χ1n) is 10.0. The lowest BCUT2D eigenvalue weighted by Gasteiger charge is -2.48. The van der Waals surface area contributed by atoms with Crippen molar-refractivity contribution in [1.29, 1.82) is 0 Å². The highest BCUT2D eigenvalue weighted by Crippen LogP contribution is 2.33. The SMILES string of the molecule is CN=C(NCCC(=O)OC(C)C)NCC1(N2CCOCC2)CCCCC1.I. The number of esters is 1. The third-order valence-electron chi connectivity index (χ3n) is 5.26. The quantitative estimate of drug-likeness (QED) is 0.244. The van der Waals surface area contributed by atoms with Gasteiger partial charge in [0.2, 0.25) is 0 Å². The molecule has 1 saturated heterocycles. The summed E-state index contributed by atoms with van der Waals surface area (Å²) in [5.74, 6) is 0.570. The number of nitrogens with zero attached hydrogens (tertiary/aromatic N) is 2. The fourth-order valence-electron chi connectivity index (χ4n) is 3.93. The molecule has 1 aliphatic carbocycles. The molecule has 2 aliphatic rings. The van der Waals surface area contributed by atoms with Crippen LogP contribution in [0.1, 0.15) is 52.4 Å². The van der Waals surface area contributed by atoms with Gasteiger partial charge < -0.3 is 20.1 Å². The summed E-state index contributed by atoms with van der Waals surface area (Å²) >= 11 is 0. The molecule has 7 nitrogen and oxygen atoms in total. The zero-order valence-electron chi connectivity index (χ0n) is 17.1. The molecule has 0 atom stereocenters. The van der Waals surface area contributed by atoms with E-state index >= 15 is 0 Å². The molecule has 2 fully saturated rings. The second-order valence-electron chi connectivity index (χ2n) is 7.53. The number of nitrogens with one attached hydrogen (secondary N) is 2. The molecule has 0 aromatic heterocycles. The van der Waals surface area contributed by atoms with Gasteiger partial charge >= 0.3 is 5.97 Å². The Morgan fingerprint density at radius 2 is 1.85 bits per heavy atom.